The highest BCUT2D eigenvalue weighted by Gasteiger charge is 2.14. The van der Waals surface area contributed by atoms with Crippen LogP contribution in [0.25, 0.3) is 55.2 Å². The van der Waals surface area contributed by atoms with Crippen LogP contribution in [-0.4, -0.2) is 8.07 Å². The second-order valence-electron chi connectivity index (χ2n) is 9.95. The predicted molar refractivity (Wildman–Crippen MR) is 158 cm³/mol. The predicted octanol–water partition coefficient (Wildman–Crippen LogP) is 9.81. The van der Waals surface area contributed by atoms with Gasteiger partial charge in [-0.1, -0.05) is 134 Å². The zero-order valence-electron chi connectivity index (χ0n) is 20.2. The van der Waals surface area contributed by atoms with E-state index in [1.165, 1.54) is 54.2 Å². The molecule has 0 aliphatic carbocycles. The van der Waals surface area contributed by atoms with Gasteiger partial charge in [-0.2, -0.15) is 0 Å². The van der Waals surface area contributed by atoms with E-state index in [1.807, 2.05) is 0 Å². The van der Waals surface area contributed by atoms with Crippen molar-refractivity contribution in [1.29, 1.82) is 0 Å². The summed E-state index contributed by atoms with van der Waals surface area (Å²) in [5.74, 6) is 0. The Morgan fingerprint density at radius 2 is 0.714 bits per heavy atom. The lowest BCUT2D eigenvalue weighted by molar-refractivity contribution is 1.73. The minimum atomic E-state index is -1.78. The molecular formula is C34H28Si. The van der Waals surface area contributed by atoms with E-state index in [2.05, 4.69) is 146 Å². The van der Waals surface area contributed by atoms with Gasteiger partial charge in [0, 0.05) is 0 Å². The standard InChI is InChI=1S/C34H28Si/c1-35(2,21-19-33-29-15-7-3-11-25(29)23-26-12-4-8-16-30(26)33)22-20-34-31-17-9-5-13-27(31)24-28-14-6-10-18-32(28)34/h3-24H,1-2H3. The molecule has 0 atom stereocenters. The van der Waals surface area contributed by atoms with Gasteiger partial charge in [-0.25, -0.2) is 0 Å². The van der Waals surface area contributed by atoms with Crippen LogP contribution in [0.5, 0.6) is 0 Å². The van der Waals surface area contributed by atoms with Crippen LogP contribution in [0.1, 0.15) is 11.1 Å². The Kier molecular flexibility index (Phi) is 5.35. The average molecular weight is 465 g/mol. The molecule has 0 amide bonds. The second kappa shape index (κ2) is 8.68. The van der Waals surface area contributed by atoms with Gasteiger partial charge in [0.1, 0.15) is 0 Å². The topological polar surface area (TPSA) is 0 Å². The summed E-state index contributed by atoms with van der Waals surface area (Å²) >= 11 is 0. The van der Waals surface area contributed by atoms with Crippen LogP contribution in [0.15, 0.2) is 121 Å². The van der Waals surface area contributed by atoms with Gasteiger partial charge in [0.2, 0.25) is 0 Å². The quantitative estimate of drug-likeness (QED) is 0.180. The Morgan fingerprint density at radius 1 is 0.429 bits per heavy atom. The van der Waals surface area contributed by atoms with Crippen molar-refractivity contribution in [2.24, 2.45) is 0 Å². The van der Waals surface area contributed by atoms with Crippen molar-refractivity contribution in [1.82, 2.24) is 0 Å². The molecule has 0 radical (unpaired) electrons. The molecule has 35 heavy (non-hydrogen) atoms. The maximum Gasteiger partial charge on any atom is 0.0954 e. The SMILES string of the molecule is C[Si](C)(C=Cc1c2ccccc2cc2ccccc12)C=Cc1c2ccccc2cc2ccccc12. The first kappa shape index (κ1) is 21.6. The molecule has 0 heterocycles. The molecule has 1 heteroatoms. The maximum absolute atomic E-state index is 2.48. The molecule has 6 rings (SSSR count). The molecule has 0 fully saturated rings. The number of fused-ring (bicyclic) bond motifs is 4. The molecule has 0 spiro atoms. The van der Waals surface area contributed by atoms with Crippen LogP contribution in [0.4, 0.5) is 0 Å². The second-order valence-corrected chi connectivity index (χ2v) is 14.3. The number of hydrogen-bond acceptors (Lipinski definition) is 0. The Bertz CT molecular complexity index is 1530. The molecule has 0 aromatic heterocycles. The van der Waals surface area contributed by atoms with E-state index in [0.717, 1.165) is 0 Å². The first-order valence-electron chi connectivity index (χ1n) is 12.3. The first-order valence-corrected chi connectivity index (χ1v) is 15.4. The van der Waals surface area contributed by atoms with Crippen molar-refractivity contribution < 1.29 is 0 Å². The van der Waals surface area contributed by atoms with Gasteiger partial charge in [0.05, 0.1) is 8.07 Å². The molecule has 0 aliphatic rings. The van der Waals surface area contributed by atoms with Gasteiger partial charge in [-0.3, -0.25) is 0 Å². The van der Waals surface area contributed by atoms with Crippen LogP contribution in [0, 0.1) is 0 Å². The monoisotopic (exact) mass is 464 g/mol. The van der Waals surface area contributed by atoms with Crippen LogP contribution in [0.3, 0.4) is 0 Å². The van der Waals surface area contributed by atoms with E-state index in [1.54, 1.807) is 0 Å². The maximum atomic E-state index is 2.48. The molecule has 0 unspecified atom stereocenters. The van der Waals surface area contributed by atoms with Gasteiger partial charge < -0.3 is 0 Å². The van der Waals surface area contributed by atoms with Crippen molar-refractivity contribution in [3.05, 3.63) is 132 Å². The molecule has 0 bridgehead atoms. The van der Waals surface area contributed by atoms with Gasteiger partial charge in [0.15, 0.2) is 0 Å². The van der Waals surface area contributed by atoms with E-state index in [9.17, 15) is 0 Å². The highest BCUT2D eigenvalue weighted by atomic mass is 28.3. The third-order valence-electron chi connectivity index (χ3n) is 6.98. The van der Waals surface area contributed by atoms with Gasteiger partial charge in [-0.05, 0) is 66.3 Å². The van der Waals surface area contributed by atoms with E-state index in [-0.39, 0.29) is 0 Å². The number of rotatable bonds is 4. The number of benzene rings is 6. The lowest BCUT2D eigenvalue weighted by Crippen LogP contribution is -2.18. The third-order valence-corrected chi connectivity index (χ3v) is 9.04. The van der Waals surface area contributed by atoms with Crippen LogP contribution in [0.2, 0.25) is 13.1 Å². The fourth-order valence-electron chi connectivity index (χ4n) is 5.11. The third kappa shape index (κ3) is 4.09. The zero-order chi connectivity index (χ0) is 23.8. The summed E-state index contributed by atoms with van der Waals surface area (Å²) in [5.41, 5.74) is 7.60. The molecular weight excluding hydrogens is 436 g/mol. The average Bonchev–Trinajstić information content (AvgIpc) is 2.89. The van der Waals surface area contributed by atoms with Crippen LogP contribution < -0.4 is 0 Å². The Hall–Kier alpha value is -3.94. The van der Waals surface area contributed by atoms with E-state index in [4.69, 9.17) is 0 Å². The van der Waals surface area contributed by atoms with Crippen molar-refractivity contribution in [3.8, 4) is 0 Å². The Labute approximate surface area is 207 Å². The molecule has 0 nitrogen and oxygen atoms in total. The summed E-state index contributed by atoms with van der Waals surface area (Å²) in [7, 11) is -1.78. The van der Waals surface area contributed by atoms with E-state index < -0.39 is 8.07 Å². The van der Waals surface area contributed by atoms with Crippen LogP contribution >= 0.6 is 0 Å². The fourth-order valence-corrected chi connectivity index (χ4v) is 6.41. The minimum Gasteiger partial charge on any atom is -0.0901 e. The molecule has 0 saturated heterocycles. The van der Waals surface area contributed by atoms with Gasteiger partial charge in [-0.15, -0.1) is 0 Å². The van der Waals surface area contributed by atoms with Gasteiger partial charge in [0.25, 0.3) is 0 Å². The summed E-state index contributed by atoms with van der Waals surface area (Å²) in [4.78, 5) is 0. The number of hydrogen-bond donors (Lipinski definition) is 0. The van der Waals surface area contributed by atoms with Crippen molar-refractivity contribution >= 4 is 63.3 Å². The van der Waals surface area contributed by atoms with Crippen LogP contribution in [-0.2, 0) is 0 Å². The largest absolute Gasteiger partial charge is 0.0954 e. The summed E-state index contributed by atoms with van der Waals surface area (Å²) in [6.07, 6.45) is 4.75. The van der Waals surface area contributed by atoms with E-state index >= 15 is 0 Å². The van der Waals surface area contributed by atoms with Crippen molar-refractivity contribution in [3.63, 3.8) is 0 Å². The smallest absolute Gasteiger partial charge is 0.0901 e. The molecule has 0 saturated carbocycles. The molecule has 6 aromatic carbocycles. The lowest BCUT2D eigenvalue weighted by Gasteiger charge is -2.15. The van der Waals surface area contributed by atoms with Gasteiger partial charge >= 0.3 is 0 Å². The summed E-state index contributed by atoms with van der Waals surface area (Å²) in [6, 6.07) is 39.5. The summed E-state index contributed by atoms with van der Waals surface area (Å²) < 4.78 is 0. The molecule has 0 N–H and O–H groups in total. The summed E-state index contributed by atoms with van der Waals surface area (Å²) in [5, 5.41) is 10.4. The molecule has 168 valence electrons. The van der Waals surface area contributed by atoms with Crippen molar-refractivity contribution in [2.75, 3.05) is 0 Å². The lowest BCUT2D eigenvalue weighted by atomic mass is 9.97. The fraction of sp³-hybridized carbons (Fsp3) is 0.0588. The molecule has 6 aromatic rings. The van der Waals surface area contributed by atoms with E-state index in [0.29, 0.717) is 0 Å². The normalized spacial score (nSPS) is 12.6. The minimum absolute atomic E-state index is 1.29. The highest BCUT2D eigenvalue weighted by Crippen LogP contribution is 2.32. The summed E-state index contributed by atoms with van der Waals surface area (Å²) in [6.45, 7) is 4.83. The molecule has 0 aliphatic heterocycles. The Balaban J connectivity index is 1.45. The highest BCUT2D eigenvalue weighted by molar-refractivity contribution is 6.87. The first-order chi connectivity index (χ1) is 17.1. The van der Waals surface area contributed by atoms with Crippen molar-refractivity contribution in [2.45, 2.75) is 13.1 Å². The zero-order valence-corrected chi connectivity index (χ0v) is 21.2. The Morgan fingerprint density at radius 3 is 1.03 bits per heavy atom.